The average molecular weight is 277 g/mol. The van der Waals surface area contributed by atoms with Crippen LogP contribution in [0.2, 0.25) is 0 Å². The van der Waals surface area contributed by atoms with Crippen molar-refractivity contribution >= 4 is 0 Å². The van der Waals surface area contributed by atoms with Crippen molar-refractivity contribution in [3.05, 3.63) is 18.1 Å². The van der Waals surface area contributed by atoms with Crippen LogP contribution in [0.1, 0.15) is 31.5 Å². The molecule has 20 heavy (non-hydrogen) atoms. The summed E-state index contributed by atoms with van der Waals surface area (Å²) in [6.45, 7) is 4.60. The number of hydrogen-bond acceptors (Lipinski definition) is 5. The quantitative estimate of drug-likeness (QED) is 0.821. The van der Waals surface area contributed by atoms with E-state index in [1.807, 2.05) is 13.0 Å². The minimum Gasteiger partial charge on any atom is -0.476 e. The summed E-state index contributed by atoms with van der Waals surface area (Å²) in [5, 5.41) is 0. The molecule has 2 fully saturated rings. The van der Waals surface area contributed by atoms with Crippen LogP contribution in [0.3, 0.4) is 0 Å². The van der Waals surface area contributed by atoms with Crippen molar-refractivity contribution in [1.29, 1.82) is 0 Å². The van der Waals surface area contributed by atoms with E-state index < -0.39 is 0 Å². The van der Waals surface area contributed by atoms with Crippen LogP contribution >= 0.6 is 0 Å². The first-order valence-corrected chi connectivity index (χ1v) is 7.42. The highest BCUT2D eigenvalue weighted by Crippen LogP contribution is 2.42. The van der Waals surface area contributed by atoms with Gasteiger partial charge in [0, 0.05) is 31.0 Å². The Morgan fingerprint density at radius 2 is 2.35 bits per heavy atom. The van der Waals surface area contributed by atoms with E-state index in [0.717, 1.165) is 12.4 Å². The second-order valence-corrected chi connectivity index (χ2v) is 5.90. The summed E-state index contributed by atoms with van der Waals surface area (Å²) >= 11 is 0. The molecule has 5 heteroatoms. The summed E-state index contributed by atoms with van der Waals surface area (Å²) < 4.78 is 11.3. The Balaban J connectivity index is 1.62. The maximum Gasteiger partial charge on any atom is 0.216 e. The van der Waals surface area contributed by atoms with Gasteiger partial charge in [0.2, 0.25) is 5.88 Å². The second-order valence-electron chi connectivity index (χ2n) is 5.90. The van der Waals surface area contributed by atoms with E-state index >= 15 is 0 Å². The van der Waals surface area contributed by atoms with Crippen LogP contribution in [-0.2, 0) is 4.74 Å². The topological polar surface area (TPSA) is 47.5 Å². The third-order valence-corrected chi connectivity index (χ3v) is 4.62. The first kappa shape index (κ1) is 13.8. The molecule has 5 nitrogen and oxygen atoms in total. The SMILES string of the molecule is COCC12CCCN1C(COc1ccnc(C)n1)CC2. The molecule has 0 N–H and O–H groups in total. The number of methoxy groups -OCH3 is 1. The van der Waals surface area contributed by atoms with E-state index in [2.05, 4.69) is 14.9 Å². The van der Waals surface area contributed by atoms with Crippen molar-refractivity contribution in [2.75, 3.05) is 26.9 Å². The van der Waals surface area contributed by atoms with Gasteiger partial charge in [-0.1, -0.05) is 0 Å². The first-order valence-electron chi connectivity index (χ1n) is 7.42. The molecule has 3 heterocycles. The van der Waals surface area contributed by atoms with Gasteiger partial charge in [-0.2, -0.15) is 4.98 Å². The molecule has 2 aliphatic rings. The third kappa shape index (κ3) is 2.52. The highest BCUT2D eigenvalue weighted by Gasteiger charge is 2.49. The van der Waals surface area contributed by atoms with E-state index in [1.54, 1.807) is 13.3 Å². The molecule has 0 radical (unpaired) electrons. The Morgan fingerprint density at radius 3 is 3.15 bits per heavy atom. The van der Waals surface area contributed by atoms with Crippen LogP contribution in [0, 0.1) is 6.92 Å². The average Bonchev–Trinajstić information content (AvgIpc) is 2.96. The lowest BCUT2D eigenvalue weighted by Gasteiger charge is -2.34. The Morgan fingerprint density at radius 1 is 1.45 bits per heavy atom. The Kier molecular flexibility index (Phi) is 3.89. The Labute approximate surface area is 120 Å². The van der Waals surface area contributed by atoms with E-state index in [1.165, 1.54) is 32.2 Å². The van der Waals surface area contributed by atoms with Crippen molar-refractivity contribution in [1.82, 2.24) is 14.9 Å². The zero-order valence-electron chi connectivity index (χ0n) is 12.3. The highest BCUT2D eigenvalue weighted by atomic mass is 16.5. The van der Waals surface area contributed by atoms with Crippen LogP contribution in [0.25, 0.3) is 0 Å². The highest BCUT2D eigenvalue weighted by molar-refractivity contribution is 5.09. The molecule has 3 rings (SSSR count). The fourth-order valence-corrected chi connectivity index (χ4v) is 3.75. The molecule has 0 aliphatic carbocycles. The number of fused-ring (bicyclic) bond motifs is 1. The van der Waals surface area contributed by atoms with Crippen LogP contribution in [-0.4, -0.2) is 53.3 Å². The number of nitrogens with zero attached hydrogens (tertiary/aromatic N) is 3. The van der Waals surface area contributed by atoms with Crippen LogP contribution in [0.15, 0.2) is 12.3 Å². The molecule has 2 aliphatic heterocycles. The molecule has 0 aromatic carbocycles. The Hall–Kier alpha value is -1.20. The summed E-state index contributed by atoms with van der Waals surface area (Å²) in [4.78, 5) is 11.0. The molecule has 0 spiro atoms. The smallest absolute Gasteiger partial charge is 0.216 e. The summed E-state index contributed by atoms with van der Waals surface area (Å²) in [6, 6.07) is 2.32. The number of rotatable bonds is 5. The predicted molar refractivity (Wildman–Crippen MR) is 75.8 cm³/mol. The van der Waals surface area contributed by atoms with E-state index in [-0.39, 0.29) is 5.54 Å². The van der Waals surface area contributed by atoms with Crippen LogP contribution in [0.5, 0.6) is 5.88 Å². The second kappa shape index (κ2) is 5.66. The predicted octanol–water partition coefficient (Wildman–Crippen LogP) is 1.81. The molecule has 0 amide bonds. The van der Waals surface area contributed by atoms with Gasteiger partial charge in [0.25, 0.3) is 0 Å². The molecular weight excluding hydrogens is 254 g/mol. The fourth-order valence-electron chi connectivity index (χ4n) is 3.75. The zero-order valence-corrected chi connectivity index (χ0v) is 12.3. The molecule has 110 valence electrons. The van der Waals surface area contributed by atoms with Gasteiger partial charge >= 0.3 is 0 Å². The standard InChI is InChI=1S/C15H23N3O2/c1-12-16-8-5-14(17-12)20-10-13-4-7-15(11-19-2)6-3-9-18(13)15/h5,8,13H,3-4,6-7,9-11H2,1-2H3. The van der Waals surface area contributed by atoms with Gasteiger partial charge in [-0.15, -0.1) is 0 Å². The molecule has 2 atom stereocenters. The molecule has 1 aromatic rings. The number of aromatic nitrogens is 2. The summed E-state index contributed by atoms with van der Waals surface area (Å²) in [5.41, 5.74) is 0.268. The van der Waals surface area contributed by atoms with Gasteiger partial charge in [-0.25, -0.2) is 4.98 Å². The molecule has 0 bridgehead atoms. The largest absolute Gasteiger partial charge is 0.476 e. The maximum atomic E-state index is 5.87. The molecule has 2 saturated heterocycles. The van der Waals surface area contributed by atoms with Crippen molar-refractivity contribution < 1.29 is 9.47 Å². The van der Waals surface area contributed by atoms with Crippen molar-refractivity contribution in [2.24, 2.45) is 0 Å². The van der Waals surface area contributed by atoms with Gasteiger partial charge < -0.3 is 9.47 Å². The van der Waals surface area contributed by atoms with Crippen molar-refractivity contribution in [3.8, 4) is 5.88 Å². The summed E-state index contributed by atoms with van der Waals surface area (Å²) in [7, 11) is 1.80. The zero-order chi connectivity index (χ0) is 14.0. The van der Waals surface area contributed by atoms with E-state index in [9.17, 15) is 0 Å². The lowest BCUT2D eigenvalue weighted by Crippen LogP contribution is -2.47. The number of hydrogen-bond donors (Lipinski definition) is 0. The van der Waals surface area contributed by atoms with Gasteiger partial charge in [0.05, 0.1) is 6.61 Å². The Bertz CT molecular complexity index is 468. The molecular formula is C15H23N3O2. The first-order chi connectivity index (χ1) is 9.73. The maximum absolute atomic E-state index is 5.87. The van der Waals surface area contributed by atoms with Gasteiger partial charge in [-0.3, -0.25) is 4.90 Å². The van der Waals surface area contributed by atoms with Crippen LogP contribution < -0.4 is 4.74 Å². The normalized spacial score (nSPS) is 29.6. The van der Waals surface area contributed by atoms with Crippen LogP contribution in [0.4, 0.5) is 0 Å². The monoisotopic (exact) mass is 277 g/mol. The van der Waals surface area contributed by atoms with Gasteiger partial charge in [-0.05, 0) is 39.2 Å². The van der Waals surface area contributed by atoms with Crippen molar-refractivity contribution in [3.63, 3.8) is 0 Å². The summed E-state index contributed by atoms with van der Waals surface area (Å²) in [6.07, 6.45) is 6.68. The van der Waals surface area contributed by atoms with E-state index in [4.69, 9.17) is 9.47 Å². The summed E-state index contributed by atoms with van der Waals surface area (Å²) in [5.74, 6) is 1.43. The minimum absolute atomic E-state index is 0.268. The van der Waals surface area contributed by atoms with Gasteiger partial charge in [0.1, 0.15) is 12.4 Å². The van der Waals surface area contributed by atoms with E-state index in [0.29, 0.717) is 18.5 Å². The molecule has 1 aromatic heterocycles. The molecule has 2 unspecified atom stereocenters. The lowest BCUT2D eigenvalue weighted by atomic mass is 9.95. The fraction of sp³-hybridized carbons (Fsp3) is 0.733. The molecule has 0 saturated carbocycles. The number of ether oxygens (including phenoxy) is 2. The lowest BCUT2D eigenvalue weighted by molar-refractivity contribution is 0.0396. The number of aryl methyl sites for hydroxylation is 1. The third-order valence-electron chi connectivity index (χ3n) is 4.62. The van der Waals surface area contributed by atoms with Gasteiger partial charge in [0.15, 0.2) is 0 Å². The van der Waals surface area contributed by atoms with Crippen molar-refractivity contribution in [2.45, 2.75) is 44.2 Å². The minimum atomic E-state index is 0.268.